The van der Waals surface area contributed by atoms with Gasteiger partial charge in [-0.1, -0.05) is 6.08 Å². The van der Waals surface area contributed by atoms with Crippen molar-refractivity contribution in [3.8, 4) is 0 Å². The lowest BCUT2D eigenvalue weighted by atomic mass is 10.2. The number of hydrogen-bond acceptors (Lipinski definition) is 3. The Morgan fingerprint density at radius 3 is 2.29 bits per heavy atom. The minimum absolute atomic E-state index is 0.0997. The van der Waals surface area contributed by atoms with Gasteiger partial charge in [0, 0.05) is 25.2 Å². The molecular formula is C13H27N3O. The largest absolute Gasteiger partial charge is 0.353 e. The molecule has 0 rings (SSSR count). The van der Waals surface area contributed by atoms with E-state index in [0.717, 1.165) is 6.54 Å². The molecule has 0 heterocycles. The van der Waals surface area contributed by atoms with Crippen LogP contribution in [0.1, 0.15) is 34.1 Å². The highest BCUT2D eigenvalue weighted by molar-refractivity contribution is 5.81. The van der Waals surface area contributed by atoms with Crippen LogP contribution in [0.2, 0.25) is 0 Å². The monoisotopic (exact) mass is 241 g/mol. The van der Waals surface area contributed by atoms with Crippen LogP contribution in [0.3, 0.4) is 0 Å². The van der Waals surface area contributed by atoms with Crippen LogP contribution in [-0.4, -0.2) is 42.0 Å². The van der Waals surface area contributed by atoms with Crippen LogP contribution in [0.5, 0.6) is 0 Å². The van der Waals surface area contributed by atoms with Crippen molar-refractivity contribution >= 4 is 5.91 Å². The minimum atomic E-state index is -0.473. The molecule has 0 aromatic carbocycles. The fourth-order valence-electron chi connectivity index (χ4n) is 1.84. The summed E-state index contributed by atoms with van der Waals surface area (Å²) in [5.74, 6) is -0.0997. The van der Waals surface area contributed by atoms with Crippen molar-refractivity contribution in [2.75, 3.05) is 13.1 Å². The molecule has 17 heavy (non-hydrogen) atoms. The van der Waals surface area contributed by atoms with Gasteiger partial charge in [0.1, 0.15) is 0 Å². The Hall–Kier alpha value is -0.870. The lowest BCUT2D eigenvalue weighted by Gasteiger charge is -2.30. The first kappa shape index (κ1) is 16.1. The Balaban J connectivity index is 3.96. The van der Waals surface area contributed by atoms with E-state index in [1.54, 1.807) is 6.08 Å². The van der Waals surface area contributed by atoms with Gasteiger partial charge in [0.25, 0.3) is 0 Å². The van der Waals surface area contributed by atoms with E-state index in [9.17, 15) is 4.79 Å². The van der Waals surface area contributed by atoms with Crippen LogP contribution in [-0.2, 0) is 4.79 Å². The number of amides is 1. The molecule has 0 saturated carbocycles. The predicted octanol–water partition coefficient (Wildman–Crippen LogP) is 1.12. The molecule has 0 fully saturated rings. The van der Waals surface area contributed by atoms with E-state index < -0.39 is 6.04 Å². The Morgan fingerprint density at radius 1 is 1.35 bits per heavy atom. The van der Waals surface area contributed by atoms with Gasteiger partial charge in [-0.25, -0.2) is 0 Å². The third-order valence-electron chi connectivity index (χ3n) is 2.75. The molecule has 0 bridgehead atoms. The van der Waals surface area contributed by atoms with Gasteiger partial charge in [-0.2, -0.15) is 0 Å². The average molecular weight is 241 g/mol. The number of hydrogen-bond donors (Lipinski definition) is 2. The Kier molecular flexibility index (Phi) is 7.83. The number of nitrogens with one attached hydrogen (secondary N) is 1. The molecule has 0 spiro atoms. The van der Waals surface area contributed by atoms with Gasteiger partial charge >= 0.3 is 0 Å². The molecule has 1 unspecified atom stereocenters. The summed E-state index contributed by atoms with van der Waals surface area (Å²) in [7, 11) is 0. The number of carbonyl (C=O) groups excluding carboxylic acids is 1. The summed E-state index contributed by atoms with van der Waals surface area (Å²) in [4.78, 5) is 13.9. The van der Waals surface area contributed by atoms with Gasteiger partial charge in [0.2, 0.25) is 5.91 Å². The zero-order valence-electron chi connectivity index (χ0n) is 11.6. The summed E-state index contributed by atoms with van der Waals surface area (Å²) in [5.41, 5.74) is 5.67. The highest BCUT2D eigenvalue weighted by Gasteiger charge is 2.14. The second-order valence-corrected chi connectivity index (χ2v) is 4.85. The van der Waals surface area contributed by atoms with Crippen LogP contribution in [0.15, 0.2) is 12.7 Å². The molecule has 0 aliphatic carbocycles. The van der Waals surface area contributed by atoms with Crippen molar-refractivity contribution in [1.82, 2.24) is 10.2 Å². The fourth-order valence-corrected chi connectivity index (χ4v) is 1.84. The highest BCUT2D eigenvalue weighted by atomic mass is 16.2. The van der Waals surface area contributed by atoms with Gasteiger partial charge in [-0.15, -0.1) is 6.58 Å². The first-order chi connectivity index (χ1) is 7.90. The molecular weight excluding hydrogens is 214 g/mol. The van der Waals surface area contributed by atoms with E-state index in [4.69, 9.17) is 5.73 Å². The standard InChI is InChI=1S/C13H27N3O/c1-6-7-12(14)13(17)15-8-9-16(10(2)3)11(4)5/h6,10-12H,1,7-9,14H2,2-5H3,(H,15,17). The normalized spacial score (nSPS) is 13.2. The lowest BCUT2D eigenvalue weighted by Crippen LogP contribution is -2.46. The zero-order chi connectivity index (χ0) is 13.4. The molecule has 1 atom stereocenters. The molecule has 100 valence electrons. The molecule has 0 aliphatic heterocycles. The molecule has 0 aromatic rings. The summed E-state index contributed by atoms with van der Waals surface area (Å²) in [6.07, 6.45) is 2.18. The van der Waals surface area contributed by atoms with Crippen LogP contribution in [0.4, 0.5) is 0 Å². The summed E-state index contributed by atoms with van der Waals surface area (Å²) in [6.45, 7) is 13.7. The van der Waals surface area contributed by atoms with Crippen molar-refractivity contribution in [1.29, 1.82) is 0 Å². The topological polar surface area (TPSA) is 58.4 Å². The lowest BCUT2D eigenvalue weighted by molar-refractivity contribution is -0.122. The van der Waals surface area contributed by atoms with Crippen molar-refractivity contribution in [2.45, 2.75) is 52.2 Å². The van der Waals surface area contributed by atoms with Gasteiger partial charge in [0.05, 0.1) is 6.04 Å². The van der Waals surface area contributed by atoms with E-state index >= 15 is 0 Å². The van der Waals surface area contributed by atoms with Crippen molar-refractivity contribution < 1.29 is 4.79 Å². The number of carbonyl (C=O) groups is 1. The second kappa shape index (κ2) is 8.25. The molecule has 1 amide bonds. The number of nitrogens with zero attached hydrogens (tertiary/aromatic N) is 1. The quantitative estimate of drug-likeness (QED) is 0.626. The zero-order valence-corrected chi connectivity index (χ0v) is 11.6. The first-order valence-electron chi connectivity index (χ1n) is 6.30. The van der Waals surface area contributed by atoms with E-state index in [1.807, 2.05) is 0 Å². The van der Waals surface area contributed by atoms with Gasteiger partial charge in [0.15, 0.2) is 0 Å². The number of nitrogens with two attached hydrogens (primary N) is 1. The van der Waals surface area contributed by atoms with E-state index in [0.29, 0.717) is 25.0 Å². The fraction of sp³-hybridized carbons (Fsp3) is 0.769. The molecule has 0 radical (unpaired) electrons. The van der Waals surface area contributed by atoms with Gasteiger partial charge in [-0.05, 0) is 34.1 Å². The molecule has 4 nitrogen and oxygen atoms in total. The SMILES string of the molecule is C=CCC(N)C(=O)NCCN(C(C)C)C(C)C. The summed E-state index contributed by atoms with van der Waals surface area (Å²) >= 11 is 0. The van der Waals surface area contributed by atoms with E-state index in [1.165, 1.54) is 0 Å². The molecule has 0 aromatic heterocycles. The minimum Gasteiger partial charge on any atom is -0.353 e. The van der Waals surface area contributed by atoms with Crippen molar-refractivity contribution in [2.24, 2.45) is 5.73 Å². The van der Waals surface area contributed by atoms with Crippen LogP contribution >= 0.6 is 0 Å². The van der Waals surface area contributed by atoms with Crippen molar-refractivity contribution in [3.05, 3.63) is 12.7 Å². The van der Waals surface area contributed by atoms with E-state index in [2.05, 4.69) is 44.5 Å². The third-order valence-corrected chi connectivity index (χ3v) is 2.75. The third kappa shape index (κ3) is 6.44. The van der Waals surface area contributed by atoms with Crippen LogP contribution in [0.25, 0.3) is 0 Å². The van der Waals surface area contributed by atoms with Gasteiger partial charge in [-0.3, -0.25) is 9.69 Å². The van der Waals surface area contributed by atoms with Crippen LogP contribution in [0, 0.1) is 0 Å². The average Bonchev–Trinajstić information content (AvgIpc) is 2.23. The number of rotatable bonds is 8. The molecule has 0 saturated heterocycles. The van der Waals surface area contributed by atoms with Gasteiger partial charge < -0.3 is 11.1 Å². The molecule has 0 aliphatic rings. The summed E-state index contributed by atoms with van der Waals surface area (Å²) in [5, 5.41) is 2.85. The maximum Gasteiger partial charge on any atom is 0.237 e. The van der Waals surface area contributed by atoms with Crippen LogP contribution < -0.4 is 11.1 Å². The molecule has 4 heteroatoms. The predicted molar refractivity (Wildman–Crippen MR) is 72.8 cm³/mol. The summed E-state index contributed by atoms with van der Waals surface area (Å²) < 4.78 is 0. The highest BCUT2D eigenvalue weighted by Crippen LogP contribution is 2.03. The first-order valence-corrected chi connectivity index (χ1v) is 6.30. The Labute approximate surface area is 105 Å². The maximum absolute atomic E-state index is 11.6. The second-order valence-electron chi connectivity index (χ2n) is 4.85. The molecule has 3 N–H and O–H groups in total. The summed E-state index contributed by atoms with van der Waals surface area (Å²) in [6, 6.07) is 0.488. The smallest absolute Gasteiger partial charge is 0.237 e. The van der Waals surface area contributed by atoms with Crippen molar-refractivity contribution in [3.63, 3.8) is 0 Å². The van der Waals surface area contributed by atoms with E-state index in [-0.39, 0.29) is 5.91 Å². The Morgan fingerprint density at radius 2 is 1.88 bits per heavy atom. The Bertz CT molecular complexity index is 231. The maximum atomic E-state index is 11.6.